The van der Waals surface area contributed by atoms with E-state index in [2.05, 4.69) is 28.1 Å². The summed E-state index contributed by atoms with van der Waals surface area (Å²) in [5.41, 5.74) is 4.47. The number of anilines is 2. The van der Waals surface area contributed by atoms with Gasteiger partial charge in [0.25, 0.3) is 11.8 Å². The molecule has 0 bridgehead atoms. The van der Waals surface area contributed by atoms with E-state index in [0.717, 1.165) is 28.8 Å². The van der Waals surface area contributed by atoms with Crippen LogP contribution in [0.2, 0.25) is 0 Å². The van der Waals surface area contributed by atoms with Crippen molar-refractivity contribution in [2.24, 2.45) is 0 Å². The second-order valence-corrected chi connectivity index (χ2v) is 16.5. The van der Waals surface area contributed by atoms with Crippen LogP contribution in [0.25, 0.3) is 6.08 Å². The Bertz CT molecular complexity index is 2600. The fourth-order valence-electron chi connectivity index (χ4n) is 7.33. The number of fused-ring (bicyclic) bond motifs is 1. The molecule has 11 nitrogen and oxygen atoms in total. The number of carbonyl (C=O) groups is 4. The molecule has 0 spiro atoms. The number of carbonyl (C=O) groups excluding carboxylic acids is 4. The summed E-state index contributed by atoms with van der Waals surface area (Å²) in [6.45, 7) is 0. The normalized spacial score (nSPS) is 13.8. The van der Waals surface area contributed by atoms with Crippen molar-refractivity contribution in [1.29, 1.82) is 0 Å². The summed E-state index contributed by atoms with van der Waals surface area (Å²) in [7, 11) is 5.84. The monoisotopic (exact) mass is 867 g/mol. The van der Waals surface area contributed by atoms with Crippen LogP contribution in [0.1, 0.15) is 65.4 Å². The van der Waals surface area contributed by atoms with Crippen molar-refractivity contribution in [3.8, 4) is 17.2 Å². The van der Waals surface area contributed by atoms with Crippen LogP contribution in [0.5, 0.6) is 17.2 Å². The molecule has 2 unspecified atom stereocenters. The molecule has 1 heterocycles. The maximum Gasteiger partial charge on any atom is 0.341 e. The summed E-state index contributed by atoms with van der Waals surface area (Å²) < 4.78 is 21.8. The SMILES string of the molecule is COC(=O)c1c(NC(=O)C(Sc2cccc(NC(=O)/C(=C\c3cc(OC)c(OC)cc3OC)NC(=O)c3ccccc3)c2)c2ccccc2)sc2c1CCC(c1ccccc1)C2. The number of rotatable bonds is 15. The van der Waals surface area contributed by atoms with Gasteiger partial charge in [0.2, 0.25) is 5.91 Å². The van der Waals surface area contributed by atoms with Crippen molar-refractivity contribution in [3.63, 3.8) is 0 Å². The first-order chi connectivity index (χ1) is 30.2. The molecule has 2 atom stereocenters. The molecule has 0 fully saturated rings. The Kier molecular flexibility index (Phi) is 14.1. The Hall–Kier alpha value is -6.83. The van der Waals surface area contributed by atoms with Crippen molar-refractivity contribution in [3.05, 3.63) is 171 Å². The Morgan fingerprint density at radius 2 is 1.40 bits per heavy atom. The third kappa shape index (κ3) is 10.0. The van der Waals surface area contributed by atoms with E-state index in [0.29, 0.717) is 61.9 Å². The highest BCUT2D eigenvalue weighted by atomic mass is 32.2. The minimum absolute atomic E-state index is 0.0703. The van der Waals surface area contributed by atoms with Gasteiger partial charge in [0.15, 0.2) is 11.5 Å². The number of amides is 3. The van der Waals surface area contributed by atoms with Gasteiger partial charge < -0.3 is 34.9 Å². The molecular weight excluding hydrogens is 823 g/mol. The second kappa shape index (κ2) is 20.2. The molecule has 1 aromatic heterocycles. The molecule has 6 aromatic rings. The van der Waals surface area contributed by atoms with E-state index in [-0.39, 0.29) is 11.6 Å². The Labute approximate surface area is 368 Å². The molecule has 0 saturated carbocycles. The van der Waals surface area contributed by atoms with Gasteiger partial charge in [0.1, 0.15) is 21.7 Å². The van der Waals surface area contributed by atoms with Crippen molar-refractivity contribution < 1.29 is 38.1 Å². The molecule has 3 N–H and O–H groups in total. The molecular formula is C49H45N3O8S2. The van der Waals surface area contributed by atoms with Crippen LogP contribution >= 0.6 is 23.1 Å². The summed E-state index contributed by atoms with van der Waals surface area (Å²) in [6.07, 6.45) is 3.82. The van der Waals surface area contributed by atoms with Crippen LogP contribution in [0.4, 0.5) is 10.7 Å². The van der Waals surface area contributed by atoms with Gasteiger partial charge in [0, 0.05) is 32.7 Å². The van der Waals surface area contributed by atoms with Crippen LogP contribution in [0, 0.1) is 0 Å². The fourth-order valence-corrected chi connectivity index (χ4v) is 9.73. The number of thioether (sulfide) groups is 1. The lowest BCUT2D eigenvalue weighted by Crippen LogP contribution is -2.30. The van der Waals surface area contributed by atoms with Gasteiger partial charge in [-0.3, -0.25) is 14.4 Å². The van der Waals surface area contributed by atoms with E-state index in [1.807, 2.05) is 54.6 Å². The number of hydrogen-bond donors (Lipinski definition) is 3. The molecule has 0 aliphatic heterocycles. The molecule has 13 heteroatoms. The van der Waals surface area contributed by atoms with Crippen LogP contribution in [0.15, 0.2) is 138 Å². The Balaban J connectivity index is 1.16. The van der Waals surface area contributed by atoms with Gasteiger partial charge in [0.05, 0.1) is 34.0 Å². The van der Waals surface area contributed by atoms with Crippen LogP contribution in [-0.4, -0.2) is 52.1 Å². The highest BCUT2D eigenvalue weighted by molar-refractivity contribution is 8.00. The summed E-state index contributed by atoms with van der Waals surface area (Å²) in [4.78, 5) is 57.0. The summed E-state index contributed by atoms with van der Waals surface area (Å²) in [5.74, 6) is -0.415. The standard InChI is InChI=1S/C49H45N3O8S2/c1-57-39-29-41(59-3)40(58-2)26-34(39)25-38(51-45(53)32-19-12-7-13-20-32)46(54)50-35-21-14-22-36(28-35)61-44(31-17-10-6-11-18-31)47(55)52-48-43(49(56)60-4)37-24-23-33(27-42(37)62-48)30-15-8-5-9-16-30/h5-22,25-26,28-29,33,44H,23-24,27H2,1-4H3,(H,50,54)(H,51,53)(H,52,55)/b38-25+. The van der Waals surface area contributed by atoms with Gasteiger partial charge in [-0.2, -0.15) is 0 Å². The zero-order valence-electron chi connectivity index (χ0n) is 34.6. The number of methoxy groups -OCH3 is 4. The van der Waals surface area contributed by atoms with Crippen LogP contribution < -0.4 is 30.2 Å². The van der Waals surface area contributed by atoms with E-state index in [1.165, 1.54) is 63.2 Å². The number of benzene rings is 5. The molecule has 1 aliphatic rings. The predicted octanol–water partition coefficient (Wildman–Crippen LogP) is 9.71. The molecule has 3 amide bonds. The lowest BCUT2D eigenvalue weighted by Gasteiger charge is -2.22. The predicted molar refractivity (Wildman–Crippen MR) is 244 cm³/mol. The molecule has 0 radical (unpaired) electrons. The first-order valence-electron chi connectivity index (χ1n) is 19.8. The lowest BCUT2D eigenvalue weighted by molar-refractivity contribution is -0.116. The fraction of sp³-hybridized carbons (Fsp3) is 0.184. The van der Waals surface area contributed by atoms with Crippen LogP contribution in [0.3, 0.4) is 0 Å². The highest BCUT2D eigenvalue weighted by Gasteiger charge is 2.32. The molecule has 0 saturated heterocycles. The van der Waals surface area contributed by atoms with Crippen molar-refractivity contribution in [2.75, 3.05) is 39.1 Å². The van der Waals surface area contributed by atoms with Crippen LogP contribution in [-0.2, 0) is 27.2 Å². The quantitative estimate of drug-likeness (QED) is 0.0523. The van der Waals surface area contributed by atoms with E-state index in [4.69, 9.17) is 18.9 Å². The summed E-state index contributed by atoms with van der Waals surface area (Å²) in [5, 5.41) is 8.51. The first-order valence-corrected chi connectivity index (χ1v) is 21.5. The van der Waals surface area contributed by atoms with Gasteiger partial charge in [-0.05, 0) is 84.3 Å². The Morgan fingerprint density at radius 3 is 2.08 bits per heavy atom. The van der Waals surface area contributed by atoms with E-state index in [9.17, 15) is 19.2 Å². The number of hydrogen-bond acceptors (Lipinski definition) is 10. The molecule has 62 heavy (non-hydrogen) atoms. The van der Waals surface area contributed by atoms with Gasteiger partial charge in [-0.25, -0.2) is 4.79 Å². The van der Waals surface area contributed by atoms with Gasteiger partial charge >= 0.3 is 5.97 Å². The average Bonchev–Trinajstić information content (AvgIpc) is 3.67. The minimum atomic E-state index is -0.748. The number of thiophene rings is 1. The third-order valence-corrected chi connectivity index (χ3v) is 12.8. The highest BCUT2D eigenvalue weighted by Crippen LogP contribution is 2.44. The van der Waals surface area contributed by atoms with E-state index < -0.39 is 23.0 Å². The van der Waals surface area contributed by atoms with Crippen molar-refractivity contribution in [1.82, 2.24) is 5.32 Å². The maximum atomic E-state index is 14.4. The minimum Gasteiger partial charge on any atom is -0.496 e. The lowest BCUT2D eigenvalue weighted by atomic mass is 9.83. The topological polar surface area (TPSA) is 141 Å². The average molecular weight is 868 g/mol. The van der Waals surface area contributed by atoms with E-state index >= 15 is 0 Å². The first kappa shape index (κ1) is 43.3. The van der Waals surface area contributed by atoms with Gasteiger partial charge in [-0.15, -0.1) is 23.1 Å². The second-order valence-electron chi connectivity index (χ2n) is 14.3. The molecule has 316 valence electrons. The molecule has 7 rings (SSSR count). The zero-order chi connectivity index (χ0) is 43.6. The summed E-state index contributed by atoms with van der Waals surface area (Å²) in [6, 6.07) is 38.6. The third-order valence-electron chi connectivity index (χ3n) is 10.4. The number of ether oxygens (including phenoxy) is 4. The Morgan fingerprint density at radius 1 is 0.742 bits per heavy atom. The molecule has 1 aliphatic carbocycles. The number of esters is 1. The maximum absolute atomic E-state index is 14.4. The summed E-state index contributed by atoms with van der Waals surface area (Å²) >= 11 is 2.72. The smallest absolute Gasteiger partial charge is 0.341 e. The van der Waals surface area contributed by atoms with Crippen molar-refractivity contribution in [2.45, 2.75) is 35.3 Å². The molecule has 5 aromatic carbocycles. The van der Waals surface area contributed by atoms with Gasteiger partial charge in [-0.1, -0.05) is 84.9 Å². The zero-order valence-corrected chi connectivity index (χ0v) is 36.2. The largest absolute Gasteiger partial charge is 0.496 e. The van der Waals surface area contributed by atoms with E-state index in [1.54, 1.807) is 60.7 Å². The number of nitrogens with one attached hydrogen (secondary N) is 3. The van der Waals surface area contributed by atoms with Crippen molar-refractivity contribution >= 4 is 63.6 Å².